The Kier molecular flexibility index (Phi) is 15.4. The van der Waals surface area contributed by atoms with Crippen LogP contribution >= 0.6 is 59.4 Å². The van der Waals surface area contributed by atoms with Crippen molar-refractivity contribution in [2.45, 2.75) is 60.7 Å². The van der Waals surface area contributed by atoms with Crippen LogP contribution in [0.1, 0.15) is 43.0 Å². The maximum absolute atomic E-state index is 6.15. The summed E-state index contributed by atoms with van der Waals surface area (Å²) in [4.78, 5) is 11.2. The van der Waals surface area contributed by atoms with Gasteiger partial charge in [0.1, 0.15) is 29.3 Å². The molecular weight excluding hydrogens is 862 g/mol. The monoisotopic (exact) mass is 903 g/mol. The standard InChI is InChI=1S/C21H25BrClN3O2.C18H20Br2N2O/c1-13-8-21(28-17-5-6-18(22)19(23)9-17)14(2)7-20(13)24-12-25-26-10-15(3)27-16(4)11-26;1-5-22(4)11-21-17-8-13(3)18(9-12(17)2)23-14-6-7-15(19)16(20)10-14/h5-9,12,15-16H,10-11H2,1-4H3,(H,24,25);6-11H,5H2,1-4H3. The Morgan fingerprint density at radius 2 is 1.31 bits per heavy atom. The highest BCUT2D eigenvalue weighted by molar-refractivity contribution is 9.13. The third-order valence-corrected chi connectivity index (χ3v) is 11.1. The van der Waals surface area contributed by atoms with Crippen molar-refractivity contribution in [1.29, 1.82) is 0 Å². The fourth-order valence-corrected chi connectivity index (χ4v) is 6.11. The first-order valence-electron chi connectivity index (χ1n) is 16.6. The van der Waals surface area contributed by atoms with Crippen LogP contribution in [0.4, 0.5) is 11.4 Å². The summed E-state index contributed by atoms with van der Waals surface area (Å²) >= 11 is 16.5. The van der Waals surface area contributed by atoms with Crippen LogP contribution in [0.3, 0.4) is 0 Å². The molecule has 1 heterocycles. The molecular formula is C39H45Br3ClN5O3. The molecule has 1 aliphatic rings. The highest BCUT2D eigenvalue weighted by atomic mass is 79.9. The van der Waals surface area contributed by atoms with E-state index >= 15 is 0 Å². The zero-order valence-electron chi connectivity index (χ0n) is 30.2. The van der Waals surface area contributed by atoms with Gasteiger partial charge in [-0.1, -0.05) is 11.6 Å². The Hall–Kier alpha value is -2.93. The predicted molar refractivity (Wildman–Crippen MR) is 222 cm³/mol. The molecule has 272 valence electrons. The molecule has 0 spiro atoms. The van der Waals surface area contributed by atoms with Crippen LogP contribution in [-0.2, 0) is 4.74 Å². The van der Waals surface area contributed by atoms with Gasteiger partial charge in [-0.05, 0) is 173 Å². The zero-order chi connectivity index (χ0) is 37.2. The number of nitrogens with one attached hydrogen (secondary N) is 1. The molecule has 1 N–H and O–H groups in total. The quantitative estimate of drug-likeness (QED) is 0.126. The van der Waals surface area contributed by atoms with E-state index < -0.39 is 0 Å². The van der Waals surface area contributed by atoms with Crippen LogP contribution in [0.15, 0.2) is 84.1 Å². The van der Waals surface area contributed by atoms with Crippen LogP contribution < -0.4 is 14.9 Å². The Morgan fingerprint density at radius 1 is 0.784 bits per heavy atom. The maximum Gasteiger partial charge on any atom is 0.130 e. The number of hydrogen-bond acceptors (Lipinski definition) is 6. The molecule has 8 nitrogen and oxygen atoms in total. The van der Waals surface area contributed by atoms with Gasteiger partial charge >= 0.3 is 0 Å². The Morgan fingerprint density at radius 3 is 1.84 bits per heavy atom. The Bertz CT molecular complexity index is 1860. The number of morpholine rings is 1. The van der Waals surface area contributed by atoms with Crippen LogP contribution in [-0.4, -0.2) is 61.5 Å². The fourth-order valence-electron chi connectivity index (χ4n) is 5.09. The number of rotatable bonds is 10. The van der Waals surface area contributed by atoms with Crippen LogP contribution in [0.25, 0.3) is 0 Å². The fraction of sp³-hybridized carbons (Fsp3) is 0.333. The van der Waals surface area contributed by atoms with Gasteiger partial charge in [0, 0.05) is 46.2 Å². The van der Waals surface area contributed by atoms with Crippen molar-refractivity contribution in [2.75, 3.05) is 26.7 Å². The molecule has 4 aromatic rings. The van der Waals surface area contributed by atoms with E-state index in [2.05, 4.69) is 95.0 Å². The van der Waals surface area contributed by atoms with Crippen molar-refractivity contribution in [3.05, 3.63) is 101 Å². The summed E-state index contributed by atoms with van der Waals surface area (Å²) in [5.74, 6) is 3.13. The van der Waals surface area contributed by atoms with Gasteiger partial charge in [0.05, 0.1) is 34.9 Å². The summed E-state index contributed by atoms with van der Waals surface area (Å²) < 4.78 is 20.6. The first-order valence-corrected chi connectivity index (χ1v) is 19.4. The lowest BCUT2D eigenvalue weighted by Gasteiger charge is -2.34. The van der Waals surface area contributed by atoms with E-state index in [0.717, 1.165) is 83.9 Å². The number of aryl methyl sites for hydroxylation is 4. The average Bonchev–Trinajstić information content (AvgIpc) is 3.07. The number of hydrazine groups is 1. The summed E-state index contributed by atoms with van der Waals surface area (Å²) in [6.45, 7) is 16.9. The summed E-state index contributed by atoms with van der Waals surface area (Å²) in [7, 11) is 2.01. The third kappa shape index (κ3) is 12.3. The summed E-state index contributed by atoms with van der Waals surface area (Å²) in [6.07, 6.45) is 4.00. The minimum Gasteiger partial charge on any atom is -0.457 e. The minimum absolute atomic E-state index is 0.206. The van der Waals surface area contributed by atoms with Gasteiger partial charge in [-0.2, -0.15) is 0 Å². The molecule has 0 saturated carbocycles. The molecule has 0 aromatic heterocycles. The molecule has 2 unspecified atom stereocenters. The van der Waals surface area contributed by atoms with E-state index in [1.165, 1.54) is 0 Å². The summed E-state index contributed by atoms with van der Waals surface area (Å²) in [6, 6.07) is 19.5. The van der Waals surface area contributed by atoms with Gasteiger partial charge in [-0.15, -0.1) is 0 Å². The molecule has 12 heteroatoms. The van der Waals surface area contributed by atoms with Crippen molar-refractivity contribution >= 4 is 83.4 Å². The van der Waals surface area contributed by atoms with Crippen LogP contribution in [0, 0.1) is 27.7 Å². The van der Waals surface area contributed by atoms with Crippen molar-refractivity contribution in [1.82, 2.24) is 15.3 Å². The molecule has 0 amide bonds. The lowest BCUT2D eigenvalue weighted by Crippen LogP contribution is -2.51. The predicted octanol–water partition coefficient (Wildman–Crippen LogP) is 12.0. The second-order valence-electron chi connectivity index (χ2n) is 12.5. The van der Waals surface area contributed by atoms with Crippen LogP contribution in [0.5, 0.6) is 23.0 Å². The first kappa shape index (κ1) is 40.8. The minimum atomic E-state index is 0.206. The lowest BCUT2D eigenvalue weighted by atomic mass is 10.1. The summed E-state index contributed by atoms with van der Waals surface area (Å²) in [5, 5.41) is 2.74. The number of nitrogens with zero attached hydrogens (tertiary/aromatic N) is 4. The van der Waals surface area contributed by atoms with E-state index in [0.29, 0.717) is 10.8 Å². The normalized spacial score (nSPS) is 16.2. The topological polar surface area (TPSA) is 70.9 Å². The van der Waals surface area contributed by atoms with E-state index in [-0.39, 0.29) is 12.2 Å². The molecule has 2 atom stereocenters. The first-order chi connectivity index (χ1) is 24.2. The molecule has 1 saturated heterocycles. The van der Waals surface area contributed by atoms with E-state index in [4.69, 9.17) is 25.8 Å². The van der Waals surface area contributed by atoms with E-state index in [9.17, 15) is 0 Å². The molecule has 1 aliphatic heterocycles. The Balaban J connectivity index is 0.000000233. The molecule has 0 bridgehead atoms. The van der Waals surface area contributed by atoms with Gasteiger partial charge in [0.25, 0.3) is 0 Å². The highest BCUT2D eigenvalue weighted by Crippen LogP contribution is 2.35. The molecule has 51 heavy (non-hydrogen) atoms. The molecule has 4 aromatic carbocycles. The maximum atomic E-state index is 6.15. The lowest BCUT2D eigenvalue weighted by molar-refractivity contribution is -0.0760. The molecule has 0 aliphatic carbocycles. The molecule has 1 fully saturated rings. The van der Waals surface area contributed by atoms with Gasteiger partial charge in [0.2, 0.25) is 0 Å². The number of halogens is 4. The largest absolute Gasteiger partial charge is 0.457 e. The highest BCUT2D eigenvalue weighted by Gasteiger charge is 2.21. The number of benzene rings is 4. The summed E-state index contributed by atoms with van der Waals surface area (Å²) in [5.41, 5.74) is 9.30. The second kappa shape index (κ2) is 19.2. The molecule has 0 radical (unpaired) electrons. The van der Waals surface area contributed by atoms with Gasteiger partial charge < -0.3 is 24.5 Å². The number of ether oxygens (including phenoxy) is 3. The number of hydrogen-bond donors (Lipinski definition) is 1. The average molecular weight is 907 g/mol. The molecule has 5 rings (SSSR count). The van der Waals surface area contributed by atoms with E-state index in [1.54, 1.807) is 12.4 Å². The SMILES string of the molecule is CCN(C)C=Nc1cc(C)c(Oc2ccc(Br)c(Br)c2)cc1C.Cc1cc(Oc2ccc(Br)c(Cl)c2)c(C)cc1N=CNN1CC(C)OC(C)C1. The second-order valence-corrected chi connectivity index (χ2v) is 15.5. The Labute approximate surface area is 332 Å². The number of aliphatic imine (C=N–C) groups is 2. The van der Waals surface area contributed by atoms with E-state index in [1.807, 2.05) is 94.5 Å². The van der Waals surface area contributed by atoms with Gasteiger partial charge in [0.15, 0.2) is 0 Å². The smallest absolute Gasteiger partial charge is 0.130 e. The van der Waals surface area contributed by atoms with Crippen molar-refractivity contribution in [3.63, 3.8) is 0 Å². The van der Waals surface area contributed by atoms with Crippen molar-refractivity contribution in [3.8, 4) is 23.0 Å². The zero-order valence-corrected chi connectivity index (χ0v) is 35.7. The van der Waals surface area contributed by atoms with Crippen molar-refractivity contribution < 1.29 is 14.2 Å². The van der Waals surface area contributed by atoms with Gasteiger partial charge in [-0.3, -0.25) is 0 Å². The van der Waals surface area contributed by atoms with Gasteiger partial charge in [-0.25, -0.2) is 15.0 Å². The van der Waals surface area contributed by atoms with Crippen LogP contribution in [0.2, 0.25) is 5.02 Å². The van der Waals surface area contributed by atoms with Crippen molar-refractivity contribution in [2.24, 2.45) is 9.98 Å². The third-order valence-electron chi connectivity index (χ3n) is 7.98.